The standard InChI is InChI=1S/C36H22N4.Pt/c1-2-10-22-21(9-1)29-17-31-23-11-3-4-12-24(23)33(38-31)19-35-27-15-7-8-16-28(27)36(40-35)20-34-26-14-6-5-13-25(26)32(39-34)18-30(22)37-29;/h1-20,37,40H;/q;+1. The number of hydrogen-bond acceptors (Lipinski definition) is 2. The number of rotatable bonds is 0. The summed E-state index contributed by atoms with van der Waals surface area (Å²) in [5.74, 6) is 0. The summed E-state index contributed by atoms with van der Waals surface area (Å²) in [6.45, 7) is 0. The van der Waals surface area contributed by atoms with E-state index in [4.69, 9.17) is 9.97 Å². The van der Waals surface area contributed by atoms with Gasteiger partial charge < -0.3 is 9.97 Å². The molecular formula is C36H22N4Pt+. The Bertz CT molecular complexity index is 2020. The van der Waals surface area contributed by atoms with Crippen LogP contribution in [0.4, 0.5) is 0 Å². The van der Waals surface area contributed by atoms with Gasteiger partial charge in [0.1, 0.15) is 0 Å². The SMILES string of the molecule is [Pt+].c1ccc2c(c1)-c1cc3[nH]c(cc4nc(cc5[nH]c(cc-2n1)c1ccccc51)-c1ccccc1-4)c1ccccc31. The molecule has 0 unspecified atom stereocenters. The molecule has 4 aromatic carbocycles. The van der Waals surface area contributed by atoms with Crippen molar-refractivity contribution in [1.29, 1.82) is 0 Å². The fourth-order valence-corrected chi connectivity index (χ4v) is 6.27. The number of nitrogens with zero attached hydrogens (tertiary/aromatic N) is 2. The van der Waals surface area contributed by atoms with Gasteiger partial charge in [-0.2, -0.15) is 0 Å². The molecular weight excluding hydrogens is 684 g/mol. The van der Waals surface area contributed by atoms with Gasteiger partial charge in [-0.15, -0.1) is 0 Å². The summed E-state index contributed by atoms with van der Waals surface area (Å²) < 4.78 is 0. The molecule has 2 N–H and O–H groups in total. The topological polar surface area (TPSA) is 57.4 Å². The largest absolute Gasteiger partial charge is 1.00 e. The number of nitrogens with one attached hydrogen (secondary N) is 2. The van der Waals surface area contributed by atoms with Crippen LogP contribution in [0.3, 0.4) is 0 Å². The Morgan fingerprint density at radius 3 is 0.854 bits per heavy atom. The predicted molar refractivity (Wildman–Crippen MR) is 165 cm³/mol. The van der Waals surface area contributed by atoms with Crippen molar-refractivity contribution in [1.82, 2.24) is 19.9 Å². The maximum atomic E-state index is 5.17. The van der Waals surface area contributed by atoms with Crippen molar-refractivity contribution in [2.75, 3.05) is 0 Å². The Morgan fingerprint density at radius 2 is 0.585 bits per heavy atom. The number of hydrogen-bond donors (Lipinski definition) is 2. The molecule has 5 heterocycles. The summed E-state index contributed by atoms with van der Waals surface area (Å²) in [6, 6.07) is 42.7. The summed E-state index contributed by atoms with van der Waals surface area (Å²) >= 11 is 0. The van der Waals surface area contributed by atoms with Crippen molar-refractivity contribution >= 4 is 43.6 Å². The smallest absolute Gasteiger partial charge is 0.354 e. The van der Waals surface area contributed by atoms with E-state index in [2.05, 4.69) is 131 Å². The van der Waals surface area contributed by atoms with Crippen LogP contribution in [0.25, 0.3) is 88.6 Å². The van der Waals surface area contributed by atoms with E-state index >= 15 is 0 Å². The van der Waals surface area contributed by atoms with E-state index in [-0.39, 0.29) is 21.1 Å². The van der Waals surface area contributed by atoms with Gasteiger partial charge in [-0.05, 0) is 24.3 Å². The maximum absolute atomic E-state index is 5.17. The molecule has 4 nitrogen and oxygen atoms in total. The molecule has 1 radical (unpaired) electrons. The van der Waals surface area contributed by atoms with Crippen LogP contribution in [0.5, 0.6) is 0 Å². The van der Waals surface area contributed by atoms with E-state index in [1.165, 1.54) is 0 Å². The summed E-state index contributed by atoms with van der Waals surface area (Å²) in [7, 11) is 0. The fraction of sp³-hybridized carbons (Fsp3) is 0. The van der Waals surface area contributed by atoms with Crippen LogP contribution in [0, 0.1) is 0 Å². The zero-order valence-electron chi connectivity index (χ0n) is 21.8. The van der Waals surface area contributed by atoms with E-state index in [1.807, 2.05) is 0 Å². The van der Waals surface area contributed by atoms with Crippen LogP contribution < -0.4 is 0 Å². The first kappa shape index (κ1) is 24.0. The molecule has 0 spiro atoms. The molecule has 7 aromatic rings. The minimum absolute atomic E-state index is 0. The van der Waals surface area contributed by atoms with Gasteiger partial charge in [0, 0.05) is 65.9 Å². The third-order valence-corrected chi connectivity index (χ3v) is 8.12. The molecule has 41 heavy (non-hydrogen) atoms. The third kappa shape index (κ3) is 3.65. The minimum Gasteiger partial charge on any atom is -0.354 e. The number of aromatic nitrogens is 4. The Kier molecular flexibility index (Phi) is 5.35. The maximum Gasteiger partial charge on any atom is 1.00 e. The normalized spacial score (nSPS) is 11.7. The summed E-state index contributed by atoms with van der Waals surface area (Å²) in [4.78, 5) is 17.8. The quantitative estimate of drug-likeness (QED) is 0.165. The average Bonchev–Trinajstić information content (AvgIpc) is 3.73. The van der Waals surface area contributed by atoms with Gasteiger partial charge in [0.15, 0.2) is 0 Å². The van der Waals surface area contributed by atoms with E-state index in [0.717, 1.165) is 88.6 Å². The second kappa shape index (κ2) is 9.12. The van der Waals surface area contributed by atoms with Gasteiger partial charge in [0.25, 0.3) is 0 Å². The number of benzene rings is 4. The van der Waals surface area contributed by atoms with Crippen LogP contribution in [0.15, 0.2) is 121 Å². The average molecular weight is 706 g/mol. The van der Waals surface area contributed by atoms with Gasteiger partial charge in [-0.1, -0.05) is 97.1 Å². The fourth-order valence-electron chi connectivity index (χ4n) is 6.27. The van der Waals surface area contributed by atoms with Gasteiger partial charge in [0.2, 0.25) is 0 Å². The Hall–Kier alpha value is -4.79. The molecule has 0 aliphatic carbocycles. The second-order valence-corrected chi connectivity index (χ2v) is 10.4. The molecule has 8 bridgehead atoms. The van der Waals surface area contributed by atoms with Crippen molar-refractivity contribution < 1.29 is 21.1 Å². The van der Waals surface area contributed by atoms with Crippen molar-refractivity contribution in [3.8, 4) is 45.0 Å². The monoisotopic (exact) mass is 705 g/mol. The summed E-state index contributed by atoms with van der Waals surface area (Å²) in [5.41, 5.74) is 12.5. The van der Waals surface area contributed by atoms with Crippen LogP contribution in [-0.2, 0) is 21.1 Å². The molecule has 5 heteroatoms. The first-order valence-electron chi connectivity index (χ1n) is 13.5. The molecule has 9 rings (SSSR count). The van der Waals surface area contributed by atoms with Crippen molar-refractivity contribution in [2.24, 2.45) is 0 Å². The Morgan fingerprint density at radius 1 is 0.341 bits per heavy atom. The number of fused-ring (bicyclic) bond motifs is 20. The predicted octanol–water partition coefficient (Wildman–Crippen LogP) is 9.29. The zero-order valence-corrected chi connectivity index (χ0v) is 24.0. The van der Waals surface area contributed by atoms with E-state index in [1.54, 1.807) is 0 Å². The van der Waals surface area contributed by atoms with E-state index in [0.29, 0.717) is 0 Å². The number of aromatic amines is 2. The van der Waals surface area contributed by atoms with Crippen LogP contribution >= 0.6 is 0 Å². The van der Waals surface area contributed by atoms with E-state index < -0.39 is 0 Å². The molecule has 0 saturated heterocycles. The van der Waals surface area contributed by atoms with Crippen molar-refractivity contribution in [2.45, 2.75) is 0 Å². The summed E-state index contributed by atoms with van der Waals surface area (Å²) in [5, 5.41) is 4.66. The molecule has 2 aliphatic rings. The first-order chi connectivity index (χ1) is 19.8. The minimum atomic E-state index is 0. The van der Waals surface area contributed by atoms with Crippen LogP contribution in [0.1, 0.15) is 0 Å². The molecule has 0 atom stereocenters. The number of H-pyrrole nitrogens is 2. The molecule has 2 aliphatic heterocycles. The second-order valence-electron chi connectivity index (χ2n) is 10.4. The zero-order chi connectivity index (χ0) is 26.2. The van der Waals surface area contributed by atoms with Crippen LogP contribution in [-0.4, -0.2) is 19.9 Å². The third-order valence-electron chi connectivity index (χ3n) is 8.12. The molecule has 0 saturated carbocycles. The molecule has 0 amide bonds. The van der Waals surface area contributed by atoms with Crippen molar-refractivity contribution in [3.05, 3.63) is 121 Å². The Labute approximate surface area is 250 Å². The van der Waals surface area contributed by atoms with Gasteiger partial charge in [-0.25, -0.2) is 9.97 Å². The van der Waals surface area contributed by atoms with Crippen molar-refractivity contribution in [3.63, 3.8) is 0 Å². The van der Waals surface area contributed by atoms with Gasteiger partial charge in [-0.3, -0.25) is 0 Å². The van der Waals surface area contributed by atoms with Crippen LogP contribution in [0.2, 0.25) is 0 Å². The molecule has 0 fully saturated rings. The van der Waals surface area contributed by atoms with Gasteiger partial charge >= 0.3 is 21.1 Å². The van der Waals surface area contributed by atoms with E-state index in [9.17, 15) is 0 Å². The Balaban J connectivity index is 0.00000256. The first-order valence-corrected chi connectivity index (χ1v) is 13.5. The molecule has 195 valence electrons. The van der Waals surface area contributed by atoms with Gasteiger partial charge in [0.05, 0.1) is 22.8 Å². The molecule has 3 aromatic heterocycles. The summed E-state index contributed by atoms with van der Waals surface area (Å²) in [6.07, 6.45) is 0.